The summed E-state index contributed by atoms with van der Waals surface area (Å²) in [4.78, 5) is 12.4. The fourth-order valence-electron chi connectivity index (χ4n) is 5.57. The lowest BCUT2D eigenvalue weighted by atomic mass is 9.90. The third-order valence-corrected chi connectivity index (χ3v) is 7.08. The van der Waals surface area contributed by atoms with Crippen molar-refractivity contribution in [3.63, 3.8) is 0 Å². The number of nitrogens with zero attached hydrogens (tertiary/aromatic N) is 3. The Bertz CT molecular complexity index is 1060. The van der Waals surface area contributed by atoms with Crippen LogP contribution < -0.4 is 5.73 Å². The molecular formula is C27H32N4. The van der Waals surface area contributed by atoms with Gasteiger partial charge in [0.15, 0.2) is 0 Å². The number of hydrogen-bond acceptors (Lipinski definition) is 4. The van der Waals surface area contributed by atoms with Crippen LogP contribution in [0.25, 0.3) is 11.1 Å². The molecule has 0 spiro atoms. The summed E-state index contributed by atoms with van der Waals surface area (Å²) in [5, 5.41) is 0. The second-order valence-corrected chi connectivity index (χ2v) is 8.95. The van der Waals surface area contributed by atoms with Gasteiger partial charge in [-0.1, -0.05) is 37.3 Å². The quantitative estimate of drug-likeness (QED) is 0.540. The first kappa shape index (κ1) is 20.3. The summed E-state index contributed by atoms with van der Waals surface area (Å²) in [6.07, 6.45) is 9.64. The Balaban J connectivity index is 1.49. The molecule has 2 aliphatic rings. The van der Waals surface area contributed by atoms with Crippen LogP contribution in [0, 0.1) is 0 Å². The second kappa shape index (κ2) is 8.89. The molecule has 0 bridgehead atoms. The van der Waals surface area contributed by atoms with Gasteiger partial charge in [-0.25, -0.2) is 0 Å². The van der Waals surface area contributed by atoms with Crippen LogP contribution in [0.15, 0.2) is 54.9 Å². The molecule has 0 radical (unpaired) electrons. The van der Waals surface area contributed by atoms with Crippen molar-refractivity contribution in [1.29, 1.82) is 0 Å². The summed E-state index contributed by atoms with van der Waals surface area (Å²) in [6.45, 7) is 4.97. The molecular weight excluding hydrogens is 380 g/mol. The largest absolute Gasteiger partial charge is 0.330 e. The van der Waals surface area contributed by atoms with Gasteiger partial charge in [-0.2, -0.15) is 0 Å². The van der Waals surface area contributed by atoms with Crippen LogP contribution >= 0.6 is 0 Å². The zero-order chi connectivity index (χ0) is 21.2. The van der Waals surface area contributed by atoms with Crippen molar-refractivity contribution in [1.82, 2.24) is 14.9 Å². The maximum absolute atomic E-state index is 5.82. The molecule has 2 N–H and O–H groups in total. The molecule has 160 valence electrons. The summed E-state index contributed by atoms with van der Waals surface area (Å²) in [7, 11) is 0. The van der Waals surface area contributed by atoms with Gasteiger partial charge >= 0.3 is 0 Å². The minimum Gasteiger partial charge on any atom is -0.330 e. The summed E-state index contributed by atoms with van der Waals surface area (Å²) in [5.74, 6) is 0.387. The van der Waals surface area contributed by atoms with E-state index in [4.69, 9.17) is 15.7 Å². The summed E-state index contributed by atoms with van der Waals surface area (Å²) < 4.78 is 0. The summed E-state index contributed by atoms with van der Waals surface area (Å²) >= 11 is 0. The topological polar surface area (TPSA) is 55.0 Å². The van der Waals surface area contributed by atoms with E-state index in [0.717, 1.165) is 45.3 Å². The van der Waals surface area contributed by atoms with Gasteiger partial charge in [0.1, 0.15) is 0 Å². The van der Waals surface area contributed by atoms with Crippen LogP contribution in [0.2, 0.25) is 0 Å². The van der Waals surface area contributed by atoms with Crippen molar-refractivity contribution < 1.29 is 0 Å². The minimum absolute atomic E-state index is 0.361. The molecule has 31 heavy (non-hydrogen) atoms. The highest BCUT2D eigenvalue weighted by molar-refractivity contribution is 5.79. The predicted molar refractivity (Wildman–Crippen MR) is 126 cm³/mol. The fraction of sp³-hybridized carbons (Fsp3) is 0.407. The Kier molecular flexibility index (Phi) is 5.84. The molecule has 1 aromatic carbocycles. The van der Waals surface area contributed by atoms with E-state index < -0.39 is 0 Å². The van der Waals surface area contributed by atoms with E-state index in [1.165, 1.54) is 45.6 Å². The maximum Gasteiger partial charge on any atom is 0.0607 e. The number of fused-ring (bicyclic) bond motifs is 4. The molecule has 5 rings (SSSR count). The van der Waals surface area contributed by atoms with E-state index in [1.807, 2.05) is 12.4 Å². The van der Waals surface area contributed by atoms with Crippen LogP contribution in [0.3, 0.4) is 0 Å². The zero-order valence-electron chi connectivity index (χ0n) is 18.4. The number of nitrogens with two attached hydrogens (primary N) is 1. The van der Waals surface area contributed by atoms with Crippen molar-refractivity contribution in [2.24, 2.45) is 5.73 Å². The molecule has 3 aromatic rings. The Morgan fingerprint density at radius 1 is 1.00 bits per heavy atom. The van der Waals surface area contributed by atoms with Gasteiger partial charge < -0.3 is 5.73 Å². The number of benzene rings is 1. The van der Waals surface area contributed by atoms with Crippen molar-refractivity contribution in [2.45, 2.75) is 57.5 Å². The molecule has 2 unspecified atom stereocenters. The summed E-state index contributed by atoms with van der Waals surface area (Å²) in [5.41, 5.74) is 15.3. The predicted octanol–water partition coefficient (Wildman–Crippen LogP) is 5.23. The normalized spacial score (nSPS) is 19.2. The van der Waals surface area contributed by atoms with Crippen LogP contribution in [-0.4, -0.2) is 28.0 Å². The first-order chi connectivity index (χ1) is 15.3. The second-order valence-electron chi connectivity index (χ2n) is 8.95. The number of pyridine rings is 2. The van der Waals surface area contributed by atoms with Gasteiger partial charge in [-0.3, -0.25) is 14.9 Å². The monoisotopic (exact) mass is 412 g/mol. The molecule has 2 heterocycles. The first-order valence-electron chi connectivity index (χ1n) is 11.7. The van der Waals surface area contributed by atoms with Gasteiger partial charge in [-0.15, -0.1) is 0 Å². The number of rotatable bonds is 7. The number of hydrogen-bond donors (Lipinski definition) is 1. The van der Waals surface area contributed by atoms with Crippen LogP contribution in [0.1, 0.15) is 72.6 Å². The number of aryl methyl sites for hydroxylation is 1. The first-order valence-corrected chi connectivity index (χ1v) is 11.7. The maximum atomic E-state index is 5.82. The summed E-state index contributed by atoms with van der Waals surface area (Å²) in [6, 6.07) is 15.7. The van der Waals surface area contributed by atoms with E-state index >= 15 is 0 Å². The fourth-order valence-corrected chi connectivity index (χ4v) is 5.57. The number of unbranched alkanes of at least 4 members (excludes halogenated alkanes) is 1. The Hall–Kier alpha value is -2.56. The minimum atomic E-state index is 0.361. The molecule has 2 aromatic heterocycles. The third-order valence-electron chi connectivity index (χ3n) is 7.08. The van der Waals surface area contributed by atoms with Gasteiger partial charge in [0.2, 0.25) is 0 Å². The highest BCUT2D eigenvalue weighted by Gasteiger charge is 2.31. The lowest BCUT2D eigenvalue weighted by molar-refractivity contribution is 0.160. The van der Waals surface area contributed by atoms with E-state index in [2.05, 4.69) is 54.3 Å². The van der Waals surface area contributed by atoms with Gasteiger partial charge in [-0.05, 0) is 85.1 Å². The lowest BCUT2D eigenvalue weighted by Gasteiger charge is -2.35. The Morgan fingerprint density at radius 2 is 1.90 bits per heavy atom. The molecule has 0 saturated carbocycles. The average Bonchev–Trinajstić information content (AvgIpc) is 3.11. The SMILES string of the molecule is CC1c2ccccc2-c2ccnc(CN(CCCCN)C3CCCc4cccnc43)c21. The Morgan fingerprint density at radius 3 is 2.81 bits per heavy atom. The van der Waals surface area contributed by atoms with E-state index in [9.17, 15) is 0 Å². The van der Waals surface area contributed by atoms with Crippen LogP contribution in [0.5, 0.6) is 0 Å². The van der Waals surface area contributed by atoms with Gasteiger partial charge in [0.25, 0.3) is 0 Å². The smallest absolute Gasteiger partial charge is 0.0607 e. The van der Waals surface area contributed by atoms with E-state index in [0.29, 0.717) is 12.0 Å². The zero-order valence-corrected chi connectivity index (χ0v) is 18.4. The molecule has 0 amide bonds. The van der Waals surface area contributed by atoms with E-state index in [1.54, 1.807) is 0 Å². The van der Waals surface area contributed by atoms with Crippen molar-refractivity contribution in [3.05, 3.63) is 82.9 Å². The lowest BCUT2D eigenvalue weighted by Crippen LogP contribution is -2.33. The van der Waals surface area contributed by atoms with Crippen LogP contribution in [0.4, 0.5) is 0 Å². The number of aromatic nitrogens is 2. The molecule has 2 aliphatic carbocycles. The molecule has 0 saturated heterocycles. The standard InChI is InChI=1S/C27H32N4/c1-19-21-10-2-3-11-22(21)23-13-16-29-24(26(19)23)18-31(17-5-4-14-28)25-12-6-8-20-9-7-15-30-27(20)25/h2-3,7,9-11,13,15-16,19,25H,4-6,8,12,14,17-18,28H2,1H3. The van der Waals surface area contributed by atoms with Gasteiger partial charge in [0.05, 0.1) is 17.4 Å². The molecule has 2 atom stereocenters. The highest BCUT2D eigenvalue weighted by atomic mass is 15.2. The van der Waals surface area contributed by atoms with Crippen molar-refractivity contribution >= 4 is 0 Å². The van der Waals surface area contributed by atoms with Crippen molar-refractivity contribution in [2.75, 3.05) is 13.1 Å². The van der Waals surface area contributed by atoms with Crippen LogP contribution in [-0.2, 0) is 13.0 Å². The highest BCUT2D eigenvalue weighted by Crippen LogP contribution is 2.46. The molecule has 0 fully saturated rings. The Labute approximate surface area is 185 Å². The van der Waals surface area contributed by atoms with E-state index in [-0.39, 0.29) is 0 Å². The average molecular weight is 413 g/mol. The molecule has 4 nitrogen and oxygen atoms in total. The van der Waals surface area contributed by atoms with Gasteiger partial charge in [0, 0.05) is 24.9 Å². The van der Waals surface area contributed by atoms with Crippen molar-refractivity contribution in [3.8, 4) is 11.1 Å². The third kappa shape index (κ3) is 3.79. The molecule has 4 heteroatoms. The molecule has 0 aliphatic heterocycles.